The molecule has 1 unspecified atom stereocenters. The van der Waals surface area contributed by atoms with Crippen LogP contribution in [0.3, 0.4) is 0 Å². The van der Waals surface area contributed by atoms with Crippen LogP contribution in [0.2, 0.25) is 0 Å². The minimum atomic E-state index is 0.264. The van der Waals surface area contributed by atoms with Crippen molar-refractivity contribution in [3.8, 4) is 0 Å². The highest BCUT2D eigenvalue weighted by atomic mass is 15.4. The fourth-order valence-corrected chi connectivity index (χ4v) is 2.64. The monoisotopic (exact) mass is 230 g/mol. The molecule has 0 saturated heterocycles. The van der Waals surface area contributed by atoms with Crippen LogP contribution in [0.25, 0.3) is 0 Å². The number of fused-ring (bicyclic) bond motifs is 2. The second-order valence-corrected chi connectivity index (χ2v) is 4.83. The van der Waals surface area contributed by atoms with Gasteiger partial charge in [-0.05, 0) is 13.3 Å². The largest absolute Gasteiger partial charge is 0.333 e. The van der Waals surface area contributed by atoms with Gasteiger partial charge >= 0.3 is 0 Å². The predicted octanol–water partition coefficient (Wildman–Crippen LogP) is 1.97. The smallest absolute Gasteiger partial charge is 0.133 e. The maximum Gasteiger partial charge on any atom is 0.133 e. The average molecular weight is 230 g/mol. The van der Waals surface area contributed by atoms with Crippen molar-refractivity contribution in [2.45, 2.75) is 32.7 Å². The molecule has 3 rings (SSSR count). The number of hydrogen-bond acceptors (Lipinski definition) is 4. The van der Waals surface area contributed by atoms with Gasteiger partial charge < -0.3 is 9.80 Å². The van der Waals surface area contributed by atoms with E-state index >= 15 is 0 Å². The topological polar surface area (TPSA) is 31.2 Å². The number of allylic oxidation sites excluding steroid dienone is 1. The summed E-state index contributed by atoms with van der Waals surface area (Å²) in [6.45, 7) is 6.20. The Hall–Kier alpha value is -1.58. The zero-order valence-corrected chi connectivity index (χ0v) is 10.4. The lowest BCUT2D eigenvalue weighted by Gasteiger charge is -2.39. The van der Waals surface area contributed by atoms with Gasteiger partial charge in [0.2, 0.25) is 0 Å². The van der Waals surface area contributed by atoms with E-state index in [0.29, 0.717) is 0 Å². The Balaban J connectivity index is 1.96. The molecule has 0 aromatic rings. The number of rotatable bonds is 2. The molecule has 17 heavy (non-hydrogen) atoms. The Morgan fingerprint density at radius 1 is 1.41 bits per heavy atom. The van der Waals surface area contributed by atoms with E-state index in [0.717, 1.165) is 26.1 Å². The highest BCUT2D eigenvalue weighted by Crippen LogP contribution is 2.32. The van der Waals surface area contributed by atoms with E-state index in [2.05, 4.69) is 39.8 Å². The van der Waals surface area contributed by atoms with Gasteiger partial charge in [0.25, 0.3) is 0 Å². The SMILES string of the molecule is CCCN1C=C(C)CC2=C1N1CN=CC1C=N2. The van der Waals surface area contributed by atoms with Crippen molar-refractivity contribution in [3.05, 3.63) is 23.3 Å². The Morgan fingerprint density at radius 3 is 3.12 bits per heavy atom. The maximum atomic E-state index is 4.62. The quantitative estimate of drug-likeness (QED) is 0.726. The van der Waals surface area contributed by atoms with Gasteiger partial charge in [0, 0.05) is 31.6 Å². The lowest BCUT2D eigenvalue weighted by Crippen LogP contribution is -2.43. The molecule has 0 fully saturated rings. The summed E-state index contributed by atoms with van der Waals surface area (Å²) in [5, 5.41) is 0. The molecular weight excluding hydrogens is 212 g/mol. The summed E-state index contributed by atoms with van der Waals surface area (Å²) >= 11 is 0. The molecule has 3 aliphatic heterocycles. The minimum Gasteiger partial charge on any atom is -0.333 e. The second-order valence-electron chi connectivity index (χ2n) is 4.83. The van der Waals surface area contributed by atoms with Crippen molar-refractivity contribution in [1.82, 2.24) is 9.80 Å². The number of aliphatic imine (C=N–C) groups is 2. The van der Waals surface area contributed by atoms with Gasteiger partial charge in [-0.2, -0.15) is 0 Å². The Kier molecular flexibility index (Phi) is 2.50. The molecule has 0 spiro atoms. The van der Waals surface area contributed by atoms with Crippen molar-refractivity contribution in [2.24, 2.45) is 9.98 Å². The molecule has 0 bridgehead atoms. The van der Waals surface area contributed by atoms with Gasteiger partial charge in [0.15, 0.2) is 0 Å². The van der Waals surface area contributed by atoms with Gasteiger partial charge in [-0.25, -0.2) is 0 Å². The lowest BCUT2D eigenvalue weighted by molar-refractivity contribution is 0.259. The highest BCUT2D eigenvalue weighted by Gasteiger charge is 2.32. The van der Waals surface area contributed by atoms with Crippen LogP contribution < -0.4 is 0 Å². The van der Waals surface area contributed by atoms with Crippen LogP contribution in [0.1, 0.15) is 26.7 Å². The molecular formula is C13H18N4. The summed E-state index contributed by atoms with van der Waals surface area (Å²) in [6.07, 6.45) is 8.37. The van der Waals surface area contributed by atoms with Gasteiger partial charge in [-0.1, -0.05) is 12.5 Å². The third kappa shape index (κ3) is 1.68. The summed E-state index contributed by atoms with van der Waals surface area (Å²) in [7, 11) is 0. The van der Waals surface area contributed by atoms with E-state index in [1.165, 1.54) is 17.1 Å². The summed E-state index contributed by atoms with van der Waals surface area (Å²) in [5.41, 5.74) is 2.58. The molecule has 0 aromatic heterocycles. The van der Waals surface area contributed by atoms with Gasteiger partial charge in [-0.15, -0.1) is 0 Å². The van der Waals surface area contributed by atoms with Gasteiger partial charge in [0.1, 0.15) is 18.5 Å². The maximum absolute atomic E-state index is 4.62. The first kappa shape index (κ1) is 10.6. The molecule has 0 aromatic carbocycles. The first-order valence-electron chi connectivity index (χ1n) is 6.27. The first-order valence-corrected chi connectivity index (χ1v) is 6.27. The molecule has 0 aliphatic carbocycles. The molecule has 0 radical (unpaired) electrons. The van der Waals surface area contributed by atoms with Crippen molar-refractivity contribution in [2.75, 3.05) is 13.2 Å². The molecule has 4 nitrogen and oxygen atoms in total. The lowest BCUT2D eigenvalue weighted by atomic mass is 10.1. The van der Waals surface area contributed by atoms with Crippen LogP contribution >= 0.6 is 0 Å². The Bertz CT molecular complexity index is 444. The third-order valence-corrected chi connectivity index (χ3v) is 3.32. The van der Waals surface area contributed by atoms with Gasteiger partial charge in [0.05, 0.1) is 5.70 Å². The van der Waals surface area contributed by atoms with Crippen LogP contribution in [0, 0.1) is 0 Å². The van der Waals surface area contributed by atoms with Crippen LogP contribution in [-0.4, -0.2) is 41.5 Å². The van der Waals surface area contributed by atoms with Gasteiger partial charge in [-0.3, -0.25) is 9.98 Å². The fraction of sp³-hybridized carbons (Fsp3) is 0.538. The summed E-state index contributed by atoms with van der Waals surface area (Å²) < 4.78 is 0. The molecule has 4 heteroatoms. The first-order chi connectivity index (χ1) is 8.29. The Labute approximate surface area is 102 Å². The predicted molar refractivity (Wildman–Crippen MR) is 69.9 cm³/mol. The normalized spacial score (nSPS) is 26.2. The molecule has 0 saturated carbocycles. The molecule has 3 heterocycles. The summed E-state index contributed by atoms with van der Waals surface area (Å²) in [5.74, 6) is 1.27. The summed E-state index contributed by atoms with van der Waals surface area (Å²) in [6, 6.07) is 0.264. The average Bonchev–Trinajstić information content (AvgIpc) is 2.76. The zero-order valence-electron chi connectivity index (χ0n) is 10.4. The minimum absolute atomic E-state index is 0.264. The van der Waals surface area contributed by atoms with Crippen LogP contribution in [-0.2, 0) is 0 Å². The van der Waals surface area contributed by atoms with E-state index in [9.17, 15) is 0 Å². The van der Waals surface area contributed by atoms with E-state index in [-0.39, 0.29) is 6.04 Å². The Morgan fingerprint density at radius 2 is 2.29 bits per heavy atom. The molecule has 1 atom stereocenters. The zero-order chi connectivity index (χ0) is 11.8. The van der Waals surface area contributed by atoms with Crippen LogP contribution in [0.4, 0.5) is 0 Å². The highest BCUT2D eigenvalue weighted by molar-refractivity contribution is 5.91. The van der Waals surface area contributed by atoms with Crippen molar-refractivity contribution >= 4 is 12.4 Å². The molecule has 0 N–H and O–H groups in total. The van der Waals surface area contributed by atoms with E-state index in [4.69, 9.17) is 0 Å². The molecule has 0 amide bonds. The standard InChI is InChI=1S/C13H18N4/c1-3-4-16-8-10(2)5-12-13(16)17-9-14-6-11(17)7-15-12/h6-8,11H,3-5,9H2,1-2H3. The van der Waals surface area contributed by atoms with Crippen molar-refractivity contribution in [3.63, 3.8) is 0 Å². The molecule has 90 valence electrons. The third-order valence-electron chi connectivity index (χ3n) is 3.32. The van der Waals surface area contributed by atoms with E-state index in [1.807, 2.05) is 12.4 Å². The van der Waals surface area contributed by atoms with E-state index < -0.39 is 0 Å². The number of hydrogen-bond donors (Lipinski definition) is 0. The van der Waals surface area contributed by atoms with E-state index in [1.54, 1.807) is 0 Å². The van der Waals surface area contributed by atoms with Crippen molar-refractivity contribution < 1.29 is 0 Å². The second kappa shape index (κ2) is 4.02. The van der Waals surface area contributed by atoms with Crippen molar-refractivity contribution in [1.29, 1.82) is 0 Å². The van der Waals surface area contributed by atoms with Crippen LogP contribution in [0.5, 0.6) is 0 Å². The molecule has 3 aliphatic rings. The fourth-order valence-electron chi connectivity index (χ4n) is 2.64. The van der Waals surface area contributed by atoms with Crippen LogP contribution in [0.15, 0.2) is 33.3 Å². The summed E-state index contributed by atoms with van der Waals surface area (Å²) in [4.78, 5) is 13.7. The number of nitrogens with zero attached hydrogens (tertiary/aromatic N) is 4.